The molecule has 1 atom stereocenters. The highest BCUT2D eigenvalue weighted by Gasteiger charge is 2.34. The summed E-state index contributed by atoms with van der Waals surface area (Å²) in [6.07, 6.45) is 1.89. The fraction of sp³-hybridized carbons (Fsp3) is 0.429. The normalized spacial score (nSPS) is 15.9. The van der Waals surface area contributed by atoms with Gasteiger partial charge in [-0.05, 0) is 31.0 Å². The van der Waals surface area contributed by atoms with Crippen LogP contribution in [0.3, 0.4) is 0 Å². The van der Waals surface area contributed by atoms with Crippen molar-refractivity contribution in [2.24, 2.45) is 5.92 Å². The monoisotopic (exact) mass is 281 g/mol. The van der Waals surface area contributed by atoms with E-state index in [1.165, 1.54) is 0 Å². The number of rotatable bonds is 5. The van der Waals surface area contributed by atoms with Gasteiger partial charge in [-0.15, -0.1) is 0 Å². The summed E-state index contributed by atoms with van der Waals surface area (Å²) in [5.74, 6) is -1.59. The van der Waals surface area contributed by atoms with E-state index in [0.29, 0.717) is 10.6 Å². The quantitative estimate of drug-likeness (QED) is 0.903. The number of hydrogen-bond donors (Lipinski definition) is 1. The van der Waals surface area contributed by atoms with Crippen LogP contribution >= 0.6 is 11.6 Å². The van der Waals surface area contributed by atoms with Crippen LogP contribution in [0.15, 0.2) is 24.3 Å². The molecule has 5 heteroatoms. The Bertz CT molecular complexity index is 499. The Morgan fingerprint density at radius 2 is 2.16 bits per heavy atom. The van der Waals surface area contributed by atoms with Crippen LogP contribution in [0.4, 0.5) is 0 Å². The van der Waals surface area contributed by atoms with Gasteiger partial charge >= 0.3 is 5.97 Å². The first-order valence-corrected chi connectivity index (χ1v) is 6.66. The maximum atomic E-state index is 12.4. The molecule has 0 bridgehead atoms. The molecular formula is C14H16ClNO3. The highest BCUT2D eigenvalue weighted by Crippen LogP contribution is 2.29. The average Bonchev–Trinajstić information content (AvgIpc) is 3.19. The van der Waals surface area contributed by atoms with Gasteiger partial charge in [0.25, 0.3) is 5.91 Å². The maximum absolute atomic E-state index is 12.4. The fourth-order valence-electron chi connectivity index (χ4n) is 1.94. The van der Waals surface area contributed by atoms with Gasteiger partial charge < -0.3 is 10.0 Å². The number of carbonyl (C=O) groups excluding carboxylic acids is 1. The molecule has 0 unspecified atom stereocenters. The molecule has 4 nitrogen and oxygen atoms in total. The Kier molecular flexibility index (Phi) is 4.10. The number of benzene rings is 1. The molecule has 0 saturated heterocycles. The number of amides is 1. The van der Waals surface area contributed by atoms with Crippen molar-refractivity contribution in [3.8, 4) is 0 Å². The summed E-state index contributed by atoms with van der Waals surface area (Å²) in [4.78, 5) is 25.0. The Hall–Kier alpha value is -1.55. The summed E-state index contributed by atoms with van der Waals surface area (Å²) in [5.41, 5.74) is 0.511. The minimum atomic E-state index is -0.885. The summed E-state index contributed by atoms with van der Waals surface area (Å²) >= 11 is 5.88. The molecule has 19 heavy (non-hydrogen) atoms. The lowest BCUT2D eigenvalue weighted by Crippen LogP contribution is -2.38. The van der Waals surface area contributed by atoms with Gasteiger partial charge in [-0.1, -0.05) is 24.6 Å². The van der Waals surface area contributed by atoms with E-state index in [2.05, 4.69) is 0 Å². The van der Waals surface area contributed by atoms with Crippen LogP contribution < -0.4 is 0 Å². The molecule has 0 spiro atoms. The van der Waals surface area contributed by atoms with Gasteiger partial charge in [0.15, 0.2) is 0 Å². The van der Waals surface area contributed by atoms with Crippen molar-refractivity contribution >= 4 is 23.5 Å². The molecule has 1 N–H and O–H groups in total. The highest BCUT2D eigenvalue weighted by atomic mass is 35.5. The Labute approximate surface area is 117 Å². The number of halogens is 1. The molecule has 2 rings (SSSR count). The van der Waals surface area contributed by atoms with Gasteiger partial charge in [-0.25, -0.2) is 0 Å². The number of hydrogen-bond acceptors (Lipinski definition) is 2. The molecule has 1 amide bonds. The van der Waals surface area contributed by atoms with Crippen LogP contribution in [0.1, 0.15) is 30.1 Å². The smallest absolute Gasteiger partial charge is 0.308 e. The number of carboxylic acids is 1. The molecule has 1 aromatic rings. The van der Waals surface area contributed by atoms with Gasteiger partial charge in [-0.3, -0.25) is 9.59 Å². The van der Waals surface area contributed by atoms with E-state index >= 15 is 0 Å². The zero-order chi connectivity index (χ0) is 14.0. The third-order valence-electron chi connectivity index (χ3n) is 3.21. The molecule has 1 aliphatic carbocycles. The summed E-state index contributed by atoms with van der Waals surface area (Å²) in [5, 5.41) is 9.48. The third-order valence-corrected chi connectivity index (χ3v) is 3.45. The maximum Gasteiger partial charge on any atom is 0.308 e. The van der Waals surface area contributed by atoms with Crippen LogP contribution in [0.25, 0.3) is 0 Å². The van der Waals surface area contributed by atoms with Crippen molar-refractivity contribution in [1.29, 1.82) is 0 Å². The first-order valence-electron chi connectivity index (χ1n) is 6.28. The zero-order valence-corrected chi connectivity index (χ0v) is 11.4. The van der Waals surface area contributed by atoms with Crippen LogP contribution in [0.5, 0.6) is 0 Å². The van der Waals surface area contributed by atoms with Crippen molar-refractivity contribution in [2.45, 2.75) is 25.8 Å². The Morgan fingerprint density at radius 3 is 2.68 bits per heavy atom. The predicted octanol–water partition coefficient (Wildman–Crippen LogP) is 2.67. The molecule has 0 aliphatic heterocycles. The van der Waals surface area contributed by atoms with Crippen molar-refractivity contribution in [3.05, 3.63) is 34.9 Å². The summed E-state index contributed by atoms with van der Waals surface area (Å²) in [6.45, 7) is 1.86. The Balaban J connectivity index is 2.15. The largest absolute Gasteiger partial charge is 0.481 e. The van der Waals surface area contributed by atoms with Gasteiger partial charge in [0, 0.05) is 23.2 Å². The third kappa shape index (κ3) is 3.47. The van der Waals surface area contributed by atoms with E-state index in [1.807, 2.05) is 0 Å². The van der Waals surface area contributed by atoms with E-state index in [9.17, 15) is 9.59 Å². The highest BCUT2D eigenvalue weighted by molar-refractivity contribution is 6.30. The van der Waals surface area contributed by atoms with E-state index in [1.54, 1.807) is 36.1 Å². The summed E-state index contributed by atoms with van der Waals surface area (Å²) < 4.78 is 0. The minimum Gasteiger partial charge on any atom is -0.481 e. The van der Waals surface area contributed by atoms with E-state index < -0.39 is 11.9 Å². The number of carbonyl (C=O) groups is 2. The second kappa shape index (κ2) is 5.61. The first-order chi connectivity index (χ1) is 8.99. The molecule has 1 aromatic carbocycles. The molecule has 102 valence electrons. The van der Waals surface area contributed by atoms with Crippen LogP contribution in [-0.4, -0.2) is 34.5 Å². The molecular weight excluding hydrogens is 266 g/mol. The van der Waals surface area contributed by atoms with Crippen LogP contribution in [0, 0.1) is 5.92 Å². The number of nitrogens with zero attached hydrogens (tertiary/aromatic N) is 1. The van der Waals surface area contributed by atoms with E-state index in [4.69, 9.17) is 16.7 Å². The lowest BCUT2D eigenvalue weighted by molar-refractivity contribution is -0.141. The summed E-state index contributed by atoms with van der Waals surface area (Å²) in [7, 11) is 0. The lowest BCUT2D eigenvalue weighted by atomic mass is 10.1. The average molecular weight is 282 g/mol. The number of carboxylic acid groups (broad SMARTS) is 1. The fourth-order valence-corrected chi connectivity index (χ4v) is 2.13. The van der Waals surface area contributed by atoms with Gasteiger partial charge in [0.05, 0.1) is 5.92 Å². The summed E-state index contributed by atoms with van der Waals surface area (Å²) in [6, 6.07) is 6.93. The topological polar surface area (TPSA) is 57.6 Å². The minimum absolute atomic E-state index is 0.141. The molecule has 1 saturated carbocycles. The molecule has 0 heterocycles. The lowest BCUT2D eigenvalue weighted by Gasteiger charge is -2.24. The van der Waals surface area contributed by atoms with Crippen molar-refractivity contribution in [1.82, 2.24) is 4.90 Å². The standard InChI is InChI=1S/C14H16ClNO3/c1-9(14(18)19)8-16(12-5-6-12)13(17)10-3-2-4-11(15)7-10/h2-4,7,9,12H,5-6,8H2,1H3,(H,18,19)/t9-/m1/s1. The Morgan fingerprint density at radius 1 is 1.47 bits per heavy atom. The predicted molar refractivity (Wildman–Crippen MR) is 72.3 cm³/mol. The first kappa shape index (κ1) is 13.9. The molecule has 0 aromatic heterocycles. The van der Waals surface area contributed by atoms with Gasteiger partial charge in [0.2, 0.25) is 0 Å². The molecule has 1 fully saturated rings. The molecule has 1 aliphatic rings. The second-order valence-corrected chi connectivity index (χ2v) is 5.37. The van der Waals surface area contributed by atoms with E-state index in [-0.39, 0.29) is 18.5 Å². The van der Waals surface area contributed by atoms with Crippen LogP contribution in [-0.2, 0) is 4.79 Å². The van der Waals surface area contributed by atoms with Crippen molar-refractivity contribution in [3.63, 3.8) is 0 Å². The van der Waals surface area contributed by atoms with Gasteiger partial charge in [-0.2, -0.15) is 0 Å². The van der Waals surface area contributed by atoms with E-state index in [0.717, 1.165) is 12.8 Å². The van der Waals surface area contributed by atoms with Crippen molar-refractivity contribution in [2.75, 3.05) is 6.54 Å². The van der Waals surface area contributed by atoms with Crippen molar-refractivity contribution < 1.29 is 14.7 Å². The van der Waals surface area contributed by atoms with Gasteiger partial charge in [0.1, 0.15) is 0 Å². The number of aliphatic carboxylic acids is 1. The van der Waals surface area contributed by atoms with Crippen LogP contribution in [0.2, 0.25) is 5.02 Å². The molecule has 0 radical (unpaired) electrons. The second-order valence-electron chi connectivity index (χ2n) is 4.94. The SMILES string of the molecule is C[C@H](CN(C(=O)c1cccc(Cl)c1)C1CC1)C(=O)O. The zero-order valence-electron chi connectivity index (χ0n) is 10.7.